The highest BCUT2D eigenvalue weighted by molar-refractivity contribution is 5.83. The maximum absolute atomic E-state index is 14.4. The highest BCUT2D eigenvalue weighted by Gasteiger charge is 2.66. The molecule has 0 bridgehead atoms. The second kappa shape index (κ2) is 15.2. The number of ether oxygens (including phenoxy) is 5. The van der Waals surface area contributed by atoms with Gasteiger partial charge in [-0.25, -0.2) is 9.59 Å². The van der Waals surface area contributed by atoms with Crippen molar-refractivity contribution in [3.05, 3.63) is 83.9 Å². The summed E-state index contributed by atoms with van der Waals surface area (Å²) in [5, 5.41) is 0. The van der Waals surface area contributed by atoms with Crippen molar-refractivity contribution in [3.8, 4) is 0 Å². The highest BCUT2D eigenvalue weighted by Crippen LogP contribution is 2.45. The topological polar surface area (TPSA) is 101 Å². The monoisotopic (exact) mass is 660 g/mol. The number of esters is 2. The van der Waals surface area contributed by atoms with Crippen molar-refractivity contribution in [2.24, 2.45) is 0 Å². The quantitative estimate of drug-likeness (QED) is 0.0919. The number of allylic oxidation sites excluding steroid dienone is 1. The van der Waals surface area contributed by atoms with Crippen molar-refractivity contribution in [1.29, 1.82) is 0 Å². The number of alkyl halides is 6. The van der Waals surface area contributed by atoms with Gasteiger partial charge in [-0.05, 0) is 18.9 Å². The first-order valence-corrected chi connectivity index (χ1v) is 14.3. The lowest BCUT2D eigenvalue weighted by Gasteiger charge is -2.33. The molecule has 2 aromatic carbocycles. The second-order valence-corrected chi connectivity index (χ2v) is 10.4. The van der Waals surface area contributed by atoms with Crippen molar-refractivity contribution in [3.63, 3.8) is 0 Å². The molecule has 252 valence electrons. The highest BCUT2D eigenvalue weighted by atomic mass is 19.4. The van der Waals surface area contributed by atoms with Gasteiger partial charge in [0.2, 0.25) is 0 Å². The van der Waals surface area contributed by atoms with Crippen LogP contribution in [0.15, 0.2) is 72.8 Å². The fourth-order valence-electron chi connectivity index (χ4n) is 4.91. The van der Waals surface area contributed by atoms with Gasteiger partial charge < -0.3 is 23.7 Å². The minimum atomic E-state index is -5.28. The molecule has 0 N–H and O–H groups in total. The number of hydrogen-bond donors (Lipinski definition) is 0. The van der Waals surface area contributed by atoms with Crippen LogP contribution in [0.5, 0.6) is 0 Å². The van der Waals surface area contributed by atoms with Gasteiger partial charge in [0, 0.05) is 38.2 Å². The van der Waals surface area contributed by atoms with Gasteiger partial charge in [0.05, 0.1) is 0 Å². The van der Waals surface area contributed by atoms with E-state index in [0.29, 0.717) is 27.1 Å². The summed E-state index contributed by atoms with van der Waals surface area (Å²) in [6.45, 7) is 1.04. The third-order valence-corrected chi connectivity index (χ3v) is 7.36. The molecule has 0 unspecified atom stereocenters. The summed E-state index contributed by atoms with van der Waals surface area (Å²) < 4.78 is 111. The number of halogens is 6. The molecule has 0 saturated carbocycles. The zero-order valence-corrected chi connectivity index (χ0v) is 25.2. The number of Topliss-reactive ketones (excluding diaryl/α,β-unsaturated/α-hetero) is 1. The second-order valence-electron chi connectivity index (χ2n) is 10.4. The molecule has 0 aromatic heterocycles. The molecule has 1 fully saturated rings. The van der Waals surface area contributed by atoms with E-state index >= 15 is 0 Å². The first-order valence-electron chi connectivity index (χ1n) is 14.3. The van der Waals surface area contributed by atoms with Crippen LogP contribution in [0.4, 0.5) is 26.3 Å². The van der Waals surface area contributed by atoms with Crippen LogP contribution in [0, 0.1) is 0 Å². The molecular formula is C32H34F6O8. The molecule has 46 heavy (non-hydrogen) atoms. The lowest BCUT2D eigenvalue weighted by atomic mass is 9.92. The van der Waals surface area contributed by atoms with E-state index in [1.54, 1.807) is 0 Å². The molecule has 5 atom stereocenters. The Kier molecular flexibility index (Phi) is 12.2. The van der Waals surface area contributed by atoms with Gasteiger partial charge in [0.15, 0.2) is 0 Å². The Morgan fingerprint density at radius 1 is 0.804 bits per heavy atom. The molecule has 0 spiro atoms. The van der Waals surface area contributed by atoms with E-state index in [9.17, 15) is 40.7 Å². The number of carbonyl (C=O) groups is 3. The Bertz CT molecular complexity index is 1350. The molecule has 2 aromatic rings. The van der Waals surface area contributed by atoms with Crippen LogP contribution in [-0.4, -0.2) is 69.2 Å². The molecule has 0 aliphatic carbocycles. The summed E-state index contributed by atoms with van der Waals surface area (Å²) >= 11 is 0. The zero-order chi connectivity index (χ0) is 34.2. The van der Waals surface area contributed by atoms with Gasteiger partial charge in [-0.15, -0.1) is 0 Å². The third-order valence-electron chi connectivity index (χ3n) is 7.36. The summed E-state index contributed by atoms with van der Waals surface area (Å²) in [4.78, 5) is 38.1. The average Bonchev–Trinajstić information content (AvgIpc) is 3.78. The largest absolute Gasteiger partial charge is 0.460 e. The Labute approximate surface area is 261 Å². The molecule has 14 heteroatoms. The molecule has 8 nitrogen and oxygen atoms in total. The average molecular weight is 661 g/mol. The fourth-order valence-corrected chi connectivity index (χ4v) is 4.91. The van der Waals surface area contributed by atoms with E-state index in [1.165, 1.54) is 48.6 Å². The standard InChI is InChI=1S/C32H34F6O8/c1-4-13-23(39)18-11-12-19-24(46-28(41)30(43-3,32(36,37)38)22-16-9-6-10-17-22)26-25(45-26)20-44-27(40)29(42-2,31(33,34)35)21-14-7-5-8-15-21/h5-10,12,14-17,19,24-26H,4,11,13,18,20H2,1-3H3/b19-12+/t24-,25-,26+,29+,30+/m0/s1. The summed E-state index contributed by atoms with van der Waals surface area (Å²) in [5.74, 6) is -3.70. The van der Waals surface area contributed by atoms with E-state index in [-0.39, 0.29) is 18.6 Å². The van der Waals surface area contributed by atoms with Gasteiger partial charge in [0.1, 0.15) is 30.7 Å². The SMILES string of the molecule is CCCC(=O)CC/C=C/[C@H](OC(=O)[C@](OC)(c1ccccc1)C(F)(F)F)[C@H]1O[C@H]1COC(=O)[C@](OC)(c1ccccc1)C(F)(F)F. The summed E-state index contributed by atoms with van der Waals surface area (Å²) in [6.07, 6.45) is -10.6. The number of rotatable bonds is 16. The maximum atomic E-state index is 14.4. The van der Waals surface area contributed by atoms with Gasteiger partial charge in [-0.2, -0.15) is 26.3 Å². The number of hydrogen-bond acceptors (Lipinski definition) is 8. The van der Waals surface area contributed by atoms with E-state index in [4.69, 9.17) is 18.9 Å². The summed E-state index contributed by atoms with van der Waals surface area (Å²) in [7, 11) is 1.39. The Morgan fingerprint density at radius 2 is 1.30 bits per heavy atom. The van der Waals surface area contributed by atoms with E-state index in [1.807, 2.05) is 6.92 Å². The summed E-state index contributed by atoms with van der Waals surface area (Å²) in [5.41, 5.74) is -8.11. The van der Waals surface area contributed by atoms with E-state index in [2.05, 4.69) is 4.74 Å². The Morgan fingerprint density at radius 3 is 1.76 bits per heavy atom. The molecule has 3 rings (SSSR count). The summed E-state index contributed by atoms with van der Waals surface area (Å²) in [6, 6.07) is 12.1. The molecule has 1 saturated heterocycles. The first kappa shape index (κ1) is 36.7. The van der Waals surface area contributed by atoms with Crippen molar-refractivity contribution in [2.45, 2.75) is 74.5 Å². The fraction of sp³-hybridized carbons (Fsp3) is 0.469. The van der Waals surface area contributed by atoms with Gasteiger partial charge in [0.25, 0.3) is 11.2 Å². The smallest absolute Gasteiger partial charge is 0.432 e. The predicted molar refractivity (Wildman–Crippen MR) is 150 cm³/mol. The van der Waals surface area contributed by atoms with Crippen LogP contribution in [-0.2, 0) is 49.3 Å². The number of carbonyl (C=O) groups excluding carboxylic acids is 3. The van der Waals surface area contributed by atoms with Crippen LogP contribution in [0.1, 0.15) is 43.7 Å². The number of methoxy groups -OCH3 is 2. The number of epoxide rings is 1. The van der Waals surface area contributed by atoms with Crippen LogP contribution in [0.25, 0.3) is 0 Å². The minimum Gasteiger partial charge on any atom is -0.460 e. The molecule has 0 amide bonds. The van der Waals surface area contributed by atoms with E-state index in [0.717, 1.165) is 24.3 Å². The normalized spacial score (nSPS) is 19.9. The molecule has 1 aliphatic heterocycles. The van der Waals surface area contributed by atoms with Crippen molar-refractivity contribution in [2.75, 3.05) is 20.8 Å². The molecule has 0 radical (unpaired) electrons. The van der Waals surface area contributed by atoms with Crippen LogP contribution >= 0.6 is 0 Å². The number of ketones is 1. The predicted octanol–water partition coefficient (Wildman–Crippen LogP) is 6.12. The Balaban J connectivity index is 1.84. The van der Waals surface area contributed by atoms with Gasteiger partial charge >= 0.3 is 24.3 Å². The zero-order valence-electron chi connectivity index (χ0n) is 25.2. The van der Waals surface area contributed by atoms with Gasteiger partial charge in [-0.3, -0.25) is 4.79 Å². The van der Waals surface area contributed by atoms with Crippen LogP contribution < -0.4 is 0 Å². The molecular weight excluding hydrogens is 626 g/mol. The van der Waals surface area contributed by atoms with Crippen LogP contribution in [0.3, 0.4) is 0 Å². The lowest BCUT2D eigenvalue weighted by Crippen LogP contribution is -2.53. The van der Waals surface area contributed by atoms with Crippen molar-refractivity contribution in [1.82, 2.24) is 0 Å². The Hall–Kier alpha value is -3.75. The van der Waals surface area contributed by atoms with Crippen LogP contribution in [0.2, 0.25) is 0 Å². The van der Waals surface area contributed by atoms with E-state index < -0.39 is 71.5 Å². The molecule has 1 heterocycles. The minimum absolute atomic E-state index is 0.0580. The first-order chi connectivity index (χ1) is 21.7. The number of benzene rings is 2. The lowest BCUT2D eigenvalue weighted by molar-refractivity contribution is -0.278. The molecule has 1 aliphatic rings. The van der Waals surface area contributed by atoms with Crippen molar-refractivity contribution < 1.29 is 64.4 Å². The third kappa shape index (κ3) is 7.78. The van der Waals surface area contributed by atoms with Gasteiger partial charge in [-0.1, -0.05) is 73.7 Å². The maximum Gasteiger partial charge on any atom is 0.432 e. The van der Waals surface area contributed by atoms with Crippen molar-refractivity contribution >= 4 is 17.7 Å².